The third-order valence-corrected chi connectivity index (χ3v) is 3.12. The van der Waals surface area contributed by atoms with Crippen molar-refractivity contribution < 1.29 is 4.79 Å². The van der Waals surface area contributed by atoms with Gasteiger partial charge in [-0.15, -0.1) is 0 Å². The van der Waals surface area contributed by atoms with E-state index in [0.29, 0.717) is 21.4 Å². The van der Waals surface area contributed by atoms with Gasteiger partial charge in [0.1, 0.15) is 5.82 Å². The first-order valence-corrected chi connectivity index (χ1v) is 6.01. The SMILES string of the molecule is Cc1c(Cl)cccc1C(=O)Nc1cc(Cl)ccn1. The molecule has 0 saturated heterocycles. The maximum atomic E-state index is 12.0. The van der Waals surface area contributed by atoms with E-state index < -0.39 is 0 Å². The molecule has 0 atom stereocenters. The fourth-order valence-corrected chi connectivity index (χ4v) is 1.84. The molecule has 0 bridgehead atoms. The van der Waals surface area contributed by atoms with Crippen molar-refractivity contribution in [3.63, 3.8) is 0 Å². The van der Waals surface area contributed by atoms with Crippen molar-refractivity contribution >= 4 is 34.9 Å². The summed E-state index contributed by atoms with van der Waals surface area (Å²) in [5.41, 5.74) is 1.25. The highest BCUT2D eigenvalue weighted by molar-refractivity contribution is 6.32. The molecule has 1 N–H and O–H groups in total. The van der Waals surface area contributed by atoms with E-state index in [2.05, 4.69) is 10.3 Å². The molecule has 1 aromatic heterocycles. The highest BCUT2D eigenvalue weighted by Crippen LogP contribution is 2.20. The standard InChI is InChI=1S/C13H10Cl2N2O/c1-8-10(3-2-4-11(8)15)13(18)17-12-7-9(14)5-6-16-12/h2-7H,1H3,(H,16,17,18). The molecule has 92 valence electrons. The number of benzene rings is 1. The number of hydrogen-bond acceptors (Lipinski definition) is 2. The summed E-state index contributed by atoms with van der Waals surface area (Å²) in [5.74, 6) is 0.150. The number of halogens is 2. The first-order valence-electron chi connectivity index (χ1n) is 5.26. The highest BCUT2D eigenvalue weighted by atomic mass is 35.5. The van der Waals surface area contributed by atoms with E-state index in [1.54, 1.807) is 37.3 Å². The van der Waals surface area contributed by atoms with Crippen LogP contribution in [0.1, 0.15) is 15.9 Å². The minimum Gasteiger partial charge on any atom is -0.307 e. The molecule has 1 aromatic carbocycles. The lowest BCUT2D eigenvalue weighted by atomic mass is 10.1. The van der Waals surface area contributed by atoms with Gasteiger partial charge in [-0.3, -0.25) is 4.79 Å². The third-order valence-electron chi connectivity index (χ3n) is 2.48. The Morgan fingerprint density at radius 2 is 2.06 bits per heavy atom. The molecule has 0 spiro atoms. The maximum Gasteiger partial charge on any atom is 0.257 e. The highest BCUT2D eigenvalue weighted by Gasteiger charge is 2.11. The van der Waals surface area contributed by atoms with Crippen LogP contribution in [-0.4, -0.2) is 10.9 Å². The number of carbonyl (C=O) groups is 1. The van der Waals surface area contributed by atoms with Gasteiger partial charge in [-0.1, -0.05) is 29.3 Å². The summed E-state index contributed by atoms with van der Waals surface area (Å²) >= 11 is 11.8. The summed E-state index contributed by atoms with van der Waals surface area (Å²) in [7, 11) is 0. The van der Waals surface area contributed by atoms with Crippen molar-refractivity contribution in [1.82, 2.24) is 4.98 Å². The number of carbonyl (C=O) groups excluding carboxylic acids is 1. The van der Waals surface area contributed by atoms with Crippen molar-refractivity contribution in [1.29, 1.82) is 0 Å². The molecule has 1 heterocycles. The number of amides is 1. The van der Waals surface area contributed by atoms with Gasteiger partial charge in [-0.05, 0) is 36.8 Å². The topological polar surface area (TPSA) is 42.0 Å². The fourth-order valence-electron chi connectivity index (χ4n) is 1.51. The van der Waals surface area contributed by atoms with Gasteiger partial charge < -0.3 is 5.32 Å². The second kappa shape index (κ2) is 5.38. The predicted molar refractivity (Wildman–Crippen MR) is 73.4 cm³/mol. The number of nitrogens with zero attached hydrogens (tertiary/aromatic N) is 1. The lowest BCUT2D eigenvalue weighted by Gasteiger charge is -2.08. The first kappa shape index (κ1) is 12.9. The fraction of sp³-hybridized carbons (Fsp3) is 0.0769. The van der Waals surface area contributed by atoms with Crippen LogP contribution in [-0.2, 0) is 0 Å². The average Bonchev–Trinajstić information content (AvgIpc) is 2.32. The van der Waals surface area contributed by atoms with Gasteiger partial charge in [-0.25, -0.2) is 4.98 Å². The van der Waals surface area contributed by atoms with Gasteiger partial charge in [0.2, 0.25) is 0 Å². The van der Waals surface area contributed by atoms with E-state index in [0.717, 1.165) is 5.56 Å². The molecule has 1 amide bonds. The van der Waals surface area contributed by atoms with Gasteiger partial charge in [0.05, 0.1) is 0 Å². The van der Waals surface area contributed by atoms with E-state index in [4.69, 9.17) is 23.2 Å². The van der Waals surface area contributed by atoms with Crippen molar-refractivity contribution in [2.24, 2.45) is 0 Å². The van der Waals surface area contributed by atoms with Crippen LogP contribution in [0.25, 0.3) is 0 Å². The largest absolute Gasteiger partial charge is 0.307 e. The predicted octanol–water partition coefficient (Wildman–Crippen LogP) is 3.95. The van der Waals surface area contributed by atoms with E-state index >= 15 is 0 Å². The summed E-state index contributed by atoms with van der Waals surface area (Å²) in [6.07, 6.45) is 1.53. The van der Waals surface area contributed by atoms with Crippen molar-refractivity contribution in [2.75, 3.05) is 5.32 Å². The van der Waals surface area contributed by atoms with Crippen molar-refractivity contribution in [2.45, 2.75) is 6.92 Å². The number of nitrogens with one attached hydrogen (secondary N) is 1. The average molecular weight is 281 g/mol. The maximum absolute atomic E-state index is 12.0. The smallest absolute Gasteiger partial charge is 0.257 e. The Morgan fingerprint density at radius 3 is 2.78 bits per heavy atom. The molecule has 0 radical (unpaired) electrons. The summed E-state index contributed by atoms with van der Waals surface area (Å²) in [4.78, 5) is 16.1. The Kier molecular flexibility index (Phi) is 3.84. The molecular weight excluding hydrogens is 271 g/mol. The van der Waals surface area contributed by atoms with Gasteiger partial charge in [0, 0.05) is 21.8 Å². The van der Waals surface area contributed by atoms with Crippen LogP contribution in [0.5, 0.6) is 0 Å². The second-order valence-corrected chi connectivity index (χ2v) is 4.57. The Morgan fingerprint density at radius 1 is 1.28 bits per heavy atom. The minimum atomic E-state index is -0.259. The van der Waals surface area contributed by atoms with Gasteiger partial charge in [-0.2, -0.15) is 0 Å². The van der Waals surface area contributed by atoms with Gasteiger partial charge >= 0.3 is 0 Å². The summed E-state index contributed by atoms with van der Waals surface area (Å²) in [5, 5.41) is 3.75. The molecule has 3 nitrogen and oxygen atoms in total. The monoisotopic (exact) mass is 280 g/mol. The van der Waals surface area contributed by atoms with Crippen LogP contribution in [0.4, 0.5) is 5.82 Å². The molecule has 0 saturated carbocycles. The summed E-state index contributed by atoms with van der Waals surface area (Å²) in [6, 6.07) is 8.41. The van der Waals surface area contributed by atoms with E-state index in [1.807, 2.05) is 0 Å². The van der Waals surface area contributed by atoms with Crippen molar-refractivity contribution in [3.05, 3.63) is 57.7 Å². The molecule has 0 fully saturated rings. The van der Waals surface area contributed by atoms with Crippen LogP contribution in [0.3, 0.4) is 0 Å². The van der Waals surface area contributed by atoms with Gasteiger partial charge in [0.25, 0.3) is 5.91 Å². The van der Waals surface area contributed by atoms with Crippen LogP contribution in [0.15, 0.2) is 36.5 Å². The molecule has 5 heteroatoms. The van der Waals surface area contributed by atoms with Crippen LogP contribution < -0.4 is 5.32 Å². The Hall–Kier alpha value is -1.58. The summed E-state index contributed by atoms with van der Waals surface area (Å²) in [6.45, 7) is 1.79. The van der Waals surface area contributed by atoms with Crippen LogP contribution >= 0.6 is 23.2 Å². The molecule has 0 aliphatic heterocycles. The number of hydrogen-bond donors (Lipinski definition) is 1. The van der Waals surface area contributed by atoms with E-state index in [9.17, 15) is 4.79 Å². The van der Waals surface area contributed by atoms with E-state index in [-0.39, 0.29) is 5.91 Å². The Balaban J connectivity index is 2.25. The zero-order valence-corrected chi connectivity index (χ0v) is 11.1. The zero-order valence-electron chi connectivity index (χ0n) is 9.58. The molecule has 0 unspecified atom stereocenters. The lowest BCUT2D eigenvalue weighted by molar-refractivity contribution is 0.102. The summed E-state index contributed by atoms with van der Waals surface area (Å²) < 4.78 is 0. The molecular formula is C13H10Cl2N2O. The van der Waals surface area contributed by atoms with Crippen LogP contribution in [0.2, 0.25) is 10.0 Å². The number of pyridine rings is 1. The van der Waals surface area contributed by atoms with Gasteiger partial charge in [0.15, 0.2) is 0 Å². The number of anilines is 1. The quantitative estimate of drug-likeness (QED) is 0.905. The number of aromatic nitrogens is 1. The molecule has 2 rings (SSSR count). The second-order valence-electron chi connectivity index (χ2n) is 3.73. The zero-order chi connectivity index (χ0) is 13.1. The number of rotatable bonds is 2. The van der Waals surface area contributed by atoms with Crippen LogP contribution in [0, 0.1) is 6.92 Å². The third kappa shape index (κ3) is 2.81. The first-order chi connectivity index (χ1) is 8.58. The normalized spacial score (nSPS) is 10.2. The lowest BCUT2D eigenvalue weighted by Crippen LogP contribution is -2.14. The van der Waals surface area contributed by atoms with Crippen molar-refractivity contribution in [3.8, 4) is 0 Å². The Bertz CT molecular complexity index is 599. The Labute approximate surface area is 115 Å². The molecule has 2 aromatic rings. The van der Waals surface area contributed by atoms with E-state index in [1.165, 1.54) is 6.20 Å². The minimum absolute atomic E-state index is 0.259. The molecule has 18 heavy (non-hydrogen) atoms. The molecule has 0 aliphatic rings. The molecule has 0 aliphatic carbocycles.